The molecule has 0 atom stereocenters. The van der Waals surface area contributed by atoms with E-state index in [9.17, 15) is 0 Å². The van der Waals surface area contributed by atoms with Crippen LogP contribution in [0.4, 0.5) is 5.69 Å². The Bertz CT molecular complexity index is 298. The maximum absolute atomic E-state index is 2.50. The molecule has 0 aromatic heterocycles. The Morgan fingerprint density at radius 2 is 1.77 bits per heavy atom. The van der Waals surface area contributed by atoms with Gasteiger partial charge in [0.15, 0.2) is 0 Å². The predicted molar refractivity (Wildman–Crippen MR) is 57.4 cm³/mol. The lowest BCUT2D eigenvalue weighted by Crippen LogP contribution is -2.18. The van der Waals surface area contributed by atoms with Crippen LogP contribution in [0.5, 0.6) is 0 Å². The minimum absolute atomic E-state index is 1.24. The molecule has 1 aromatic rings. The molecule has 1 heterocycles. The molecule has 1 aliphatic heterocycles. The minimum atomic E-state index is 1.24. The Morgan fingerprint density at radius 3 is 2.46 bits per heavy atom. The Balaban J connectivity index is 2.32. The lowest BCUT2D eigenvalue weighted by molar-refractivity contribution is 0.949. The number of rotatable bonds is 1. The molecule has 0 unspecified atom stereocenters. The standard InChI is InChI=1S/C12H17N/c1-10-5-6-11(2)12(9-10)13-7-3-4-8-13/h5-6,9H,3-4,7-8H2,1-2H3. The third-order valence-electron chi connectivity index (χ3n) is 2.81. The third-order valence-corrected chi connectivity index (χ3v) is 2.81. The van der Waals surface area contributed by atoms with E-state index in [1.54, 1.807) is 0 Å². The summed E-state index contributed by atoms with van der Waals surface area (Å²) in [6, 6.07) is 6.72. The zero-order valence-corrected chi connectivity index (χ0v) is 8.51. The van der Waals surface area contributed by atoms with Crippen LogP contribution in [0.3, 0.4) is 0 Å². The Hall–Kier alpha value is -0.980. The number of hydrogen-bond acceptors (Lipinski definition) is 1. The van der Waals surface area contributed by atoms with Crippen molar-refractivity contribution in [2.24, 2.45) is 0 Å². The van der Waals surface area contributed by atoms with Gasteiger partial charge in [0.25, 0.3) is 0 Å². The lowest BCUT2D eigenvalue weighted by Gasteiger charge is -2.20. The second-order valence-electron chi connectivity index (χ2n) is 3.98. The Morgan fingerprint density at radius 1 is 1.08 bits per heavy atom. The van der Waals surface area contributed by atoms with Gasteiger partial charge in [-0.3, -0.25) is 0 Å². The number of anilines is 1. The summed E-state index contributed by atoms with van der Waals surface area (Å²) >= 11 is 0. The monoisotopic (exact) mass is 175 g/mol. The molecule has 1 saturated heterocycles. The zero-order chi connectivity index (χ0) is 9.26. The molecule has 0 aliphatic carbocycles. The molecule has 0 bridgehead atoms. The number of aryl methyl sites for hydroxylation is 2. The van der Waals surface area contributed by atoms with E-state index in [2.05, 4.69) is 36.9 Å². The fourth-order valence-electron chi connectivity index (χ4n) is 2.02. The van der Waals surface area contributed by atoms with Gasteiger partial charge in [0.2, 0.25) is 0 Å². The van der Waals surface area contributed by atoms with Gasteiger partial charge >= 0.3 is 0 Å². The van der Waals surface area contributed by atoms with Gasteiger partial charge in [0.1, 0.15) is 0 Å². The SMILES string of the molecule is Cc1ccc(C)c(N2CCCC2)c1. The van der Waals surface area contributed by atoms with Crippen LogP contribution >= 0.6 is 0 Å². The van der Waals surface area contributed by atoms with Crippen molar-refractivity contribution < 1.29 is 0 Å². The average molecular weight is 175 g/mol. The maximum Gasteiger partial charge on any atom is 0.0398 e. The topological polar surface area (TPSA) is 3.24 Å². The van der Waals surface area contributed by atoms with E-state index in [1.165, 1.54) is 42.7 Å². The van der Waals surface area contributed by atoms with E-state index < -0.39 is 0 Å². The largest absolute Gasteiger partial charge is 0.371 e. The summed E-state index contributed by atoms with van der Waals surface area (Å²) in [5.41, 5.74) is 4.22. The summed E-state index contributed by atoms with van der Waals surface area (Å²) in [6.07, 6.45) is 2.71. The van der Waals surface area contributed by atoms with Gasteiger partial charge in [0, 0.05) is 18.8 Å². The van der Waals surface area contributed by atoms with E-state index in [4.69, 9.17) is 0 Å². The summed E-state index contributed by atoms with van der Waals surface area (Å²) < 4.78 is 0. The first-order chi connectivity index (χ1) is 6.27. The Labute approximate surface area is 80.4 Å². The lowest BCUT2D eigenvalue weighted by atomic mass is 10.1. The van der Waals surface area contributed by atoms with Gasteiger partial charge in [-0.2, -0.15) is 0 Å². The van der Waals surface area contributed by atoms with Crippen LogP contribution in [0.15, 0.2) is 18.2 Å². The second-order valence-corrected chi connectivity index (χ2v) is 3.98. The number of benzene rings is 1. The van der Waals surface area contributed by atoms with Gasteiger partial charge in [-0.1, -0.05) is 12.1 Å². The summed E-state index contributed by atoms with van der Waals surface area (Å²) in [4.78, 5) is 2.50. The zero-order valence-electron chi connectivity index (χ0n) is 8.51. The van der Waals surface area contributed by atoms with Crippen LogP contribution < -0.4 is 4.90 Å². The van der Waals surface area contributed by atoms with Crippen molar-refractivity contribution in [1.82, 2.24) is 0 Å². The molecule has 0 N–H and O–H groups in total. The second kappa shape index (κ2) is 3.41. The predicted octanol–water partition coefficient (Wildman–Crippen LogP) is 2.90. The average Bonchev–Trinajstić information content (AvgIpc) is 2.61. The van der Waals surface area contributed by atoms with E-state index in [0.29, 0.717) is 0 Å². The molecule has 2 rings (SSSR count). The highest BCUT2D eigenvalue weighted by Crippen LogP contribution is 2.24. The van der Waals surface area contributed by atoms with Crippen molar-refractivity contribution in [1.29, 1.82) is 0 Å². The summed E-state index contributed by atoms with van der Waals surface area (Å²) in [5, 5.41) is 0. The molecular weight excluding hydrogens is 158 g/mol. The minimum Gasteiger partial charge on any atom is -0.371 e. The van der Waals surface area contributed by atoms with Gasteiger partial charge in [-0.05, 0) is 43.9 Å². The summed E-state index contributed by atoms with van der Waals surface area (Å²) in [7, 11) is 0. The first-order valence-corrected chi connectivity index (χ1v) is 5.09. The smallest absolute Gasteiger partial charge is 0.0398 e. The van der Waals surface area contributed by atoms with Crippen LogP contribution in [0, 0.1) is 13.8 Å². The van der Waals surface area contributed by atoms with Crippen molar-refractivity contribution in [2.75, 3.05) is 18.0 Å². The van der Waals surface area contributed by atoms with Crippen LogP contribution in [0.2, 0.25) is 0 Å². The number of nitrogens with zero attached hydrogens (tertiary/aromatic N) is 1. The van der Waals surface area contributed by atoms with Crippen LogP contribution in [-0.4, -0.2) is 13.1 Å². The normalized spacial score (nSPS) is 16.6. The molecule has 0 saturated carbocycles. The highest BCUT2D eigenvalue weighted by molar-refractivity contribution is 5.55. The van der Waals surface area contributed by atoms with E-state index in [-0.39, 0.29) is 0 Å². The fraction of sp³-hybridized carbons (Fsp3) is 0.500. The van der Waals surface area contributed by atoms with Gasteiger partial charge < -0.3 is 4.90 Å². The molecule has 1 heteroatoms. The van der Waals surface area contributed by atoms with Crippen molar-refractivity contribution in [3.63, 3.8) is 0 Å². The van der Waals surface area contributed by atoms with Crippen molar-refractivity contribution in [3.8, 4) is 0 Å². The van der Waals surface area contributed by atoms with E-state index in [1.807, 2.05) is 0 Å². The molecular formula is C12H17N. The van der Waals surface area contributed by atoms with Crippen molar-refractivity contribution >= 4 is 5.69 Å². The van der Waals surface area contributed by atoms with Crippen LogP contribution in [0.1, 0.15) is 24.0 Å². The first-order valence-electron chi connectivity index (χ1n) is 5.09. The van der Waals surface area contributed by atoms with Crippen molar-refractivity contribution in [3.05, 3.63) is 29.3 Å². The van der Waals surface area contributed by atoms with Crippen molar-refractivity contribution in [2.45, 2.75) is 26.7 Å². The highest BCUT2D eigenvalue weighted by atomic mass is 15.1. The van der Waals surface area contributed by atoms with Gasteiger partial charge in [-0.15, -0.1) is 0 Å². The van der Waals surface area contributed by atoms with Gasteiger partial charge in [-0.25, -0.2) is 0 Å². The molecule has 1 fully saturated rings. The van der Waals surface area contributed by atoms with Crippen LogP contribution in [-0.2, 0) is 0 Å². The fourth-order valence-corrected chi connectivity index (χ4v) is 2.02. The van der Waals surface area contributed by atoms with Crippen LogP contribution in [0.25, 0.3) is 0 Å². The molecule has 1 aromatic carbocycles. The first kappa shape index (κ1) is 8.61. The quantitative estimate of drug-likeness (QED) is 0.634. The molecule has 0 spiro atoms. The molecule has 0 radical (unpaired) electrons. The number of hydrogen-bond donors (Lipinski definition) is 0. The summed E-state index contributed by atoms with van der Waals surface area (Å²) in [5.74, 6) is 0. The molecule has 1 aliphatic rings. The third kappa shape index (κ3) is 1.69. The molecule has 70 valence electrons. The highest BCUT2D eigenvalue weighted by Gasteiger charge is 2.13. The Kier molecular flexibility index (Phi) is 2.26. The molecule has 0 amide bonds. The maximum atomic E-state index is 2.50. The molecule has 13 heavy (non-hydrogen) atoms. The summed E-state index contributed by atoms with van der Waals surface area (Å²) in [6.45, 7) is 6.85. The van der Waals surface area contributed by atoms with E-state index >= 15 is 0 Å². The molecule has 1 nitrogen and oxygen atoms in total. The van der Waals surface area contributed by atoms with E-state index in [0.717, 1.165) is 0 Å². The van der Waals surface area contributed by atoms with Gasteiger partial charge in [0.05, 0.1) is 0 Å².